The van der Waals surface area contributed by atoms with Gasteiger partial charge in [0.15, 0.2) is 6.29 Å². The molecule has 1 aliphatic rings. The second kappa shape index (κ2) is 16.6. The number of hydrogen-bond acceptors (Lipinski definition) is 4. The fraction of sp³-hybridized carbons (Fsp3) is 0.905. The Morgan fingerprint density at radius 1 is 0.929 bits per heavy atom. The summed E-state index contributed by atoms with van der Waals surface area (Å²) in [4.78, 5) is 17.4. The van der Waals surface area contributed by atoms with E-state index in [1.807, 2.05) is 0 Å². The summed E-state index contributed by atoms with van der Waals surface area (Å²) in [5.41, 5.74) is 0. The SMILES string of the molecule is CCCCCCC/C=C/CCCCCCCC[C@H]1OC[C@H](COP(=O)(O)O)O1. The molecule has 1 heterocycles. The zero-order chi connectivity index (χ0) is 20.5. The van der Waals surface area contributed by atoms with Gasteiger partial charge < -0.3 is 19.3 Å². The molecule has 6 nitrogen and oxygen atoms in total. The Balaban J connectivity index is 1.83. The lowest BCUT2D eigenvalue weighted by molar-refractivity contribution is -0.0698. The molecule has 1 aliphatic heterocycles. The zero-order valence-electron chi connectivity index (χ0n) is 17.6. The van der Waals surface area contributed by atoms with Gasteiger partial charge in [-0.2, -0.15) is 0 Å². The largest absolute Gasteiger partial charge is 0.469 e. The molecule has 0 unspecified atom stereocenters. The maximum absolute atomic E-state index is 10.7. The molecular weight excluding hydrogens is 379 g/mol. The van der Waals surface area contributed by atoms with Crippen LogP contribution in [0.4, 0.5) is 0 Å². The van der Waals surface area contributed by atoms with Gasteiger partial charge in [-0.1, -0.05) is 70.4 Å². The van der Waals surface area contributed by atoms with Crippen molar-refractivity contribution in [1.82, 2.24) is 0 Å². The summed E-state index contributed by atoms with van der Waals surface area (Å²) in [6.45, 7) is 2.45. The van der Waals surface area contributed by atoms with Gasteiger partial charge in [-0.05, 0) is 38.5 Å². The van der Waals surface area contributed by atoms with Crippen LogP contribution in [0.25, 0.3) is 0 Å². The number of phosphoric ester groups is 1. The molecule has 0 amide bonds. The normalized spacial score (nSPS) is 20.4. The van der Waals surface area contributed by atoms with Crippen LogP contribution in [-0.2, 0) is 18.6 Å². The lowest BCUT2D eigenvalue weighted by atomic mass is 10.1. The van der Waals surface area contributed by atoms with Crippen molar-refractivity contribution in [2.75, 3.05) is 13.2 Å². The van der Waals surface area contributed by atoms with Crippen molar-refractivity contribution in [2.45, 2.75) is 109 Å². The van der Waals surface area contributed by atoms with Crippen LogP contribution < -0.4 is 0 Å². The minimum absolute atomic E-state index is 0.131. The smallest absolute Gasteiger partial charge is 0.350 e. The molecule has 1 saturated heterocycles. The monoisotopic (exact) mass is 420 g/mol. The zero-order valence-corrected chi connectivity index (χ0v) is 18.5. The summed E-state index contributed by atoms with van der Waals surface area (Å²) in [7, 11) is -4.43. The highest BCUT2D eigenvalue weighted by molar-refractivity contribution is 7.46. The minimum atomic E-state index is -4.43. The van der Waals surface area contributed by atoms with Gasteiger partial charge in [-0.15, -0.1) is 0 Å². The number of rotatable bonds is 18. The van der Waals surface area contributed by atoms with E-state index in [4.69, 9.17) is 19.3 Å². The van der Waals surface area contributed by atoms with Crippen molar-refractivity contribution < 1.29 is 28.3 Å². The first-order valence-electron chi connectivity index (χ1n) is 11.1. The van der Waals surface area contributed by atoms with Gasteiger partial charge in [0.1, 0.15) is 6.10 Å². The third kappa shape index (κ3) is 15.7. The number of phosphoric acid groups is 1. The van der Waals surface area contributed by atoms with Crippen LogP contribution in [0.2, 0.25) is 0 Å². The Bertz CT molecular complexity index is 437. The fourth-order valence-electron chi connectivity index (χ4n) is 3.31. The molecule has 166 valence electrons. The molecule has 0 aromatic carbocycles. The summed E-state index contributed by atoms with van der Waals surface area (Å²) in [6, 6.07) is 0. The molecule has 2 N–H and O–H groups in total. The first-order chi connectivity index (χ1) is 13.5. The van der Waals surface area contributed by atoms with Crippen LogP contribution in [0.1, 0.15) is 96.8 Å². The van der Waals surface area contributed by atoms with Gasteiger partial charge in [0, 0.05) is 0 Å². The van der Waals surface area contributed by atoms with E-state index in [9.17, 15) is 4.57 Å². The van der Waals surface area contributed by atoms with Crippen molar-refractivity contribution >= 4 is 7.82 Å². The van der Waals surface area contributed by atoms with E-state index < -0.39 is 7.82 Å². The van der Waals surface area contributed by atoms with E-state index in [1.54, 1.807) is 0 Å². The van der Waals surface area contributed by atoms with E-state index in [-0.39, 0.29) is 19.0 Å². The number of hydrogen-bond donors (Lipinski definition) is 2. The van der Waals surface area contributed by atoms with Crippen LogP contribution >= 0.6 is 7.82 Å². The lowest BCUT2D eigenvalue weighted by Crippen LogP contribution is -2.18. The minimum Gasteiger partial charge on any atom is -0.350 e. The standard InChI is InChI=1S/C21H41O6P/c1-2-3-4-5-6-7-8-9-10-11-12-13-14-15-16-17-21-25-18-20(27-21)19-26-28(22,23)24/h8-9,20-21H,2-7,10-19H2,1H3,(H2,22,23,24)/b9-8+/t20-,21+/m1/s1. The van der Waals surface area contributed by atoms with Gasteiger partial charge in [0.25, 0.3) is 0 Å². The molecule has 2 atom stereocenters. The number of allylic oxidation sites excluding steroid dienone is 2. The maximum atomic E-state index is 10.7. The topological polar surface area (TPSA) is 85.2 Å². The van der Waals surface area contributed by atoms with Crippen molar-refractivity contribution in [3.05, 3.63) is 12.2 Å². The van der Waals surface area contributed by atoms with Gasteiger partial charge >= 0.3 is 7.82 Å². The summed E-state index contributed by atoms with van der Waals surface area (Å²) in [6.07, 6.45) is 21.4. The average molecular weight is 421 g/mol. The number of ether oxygens (including phenoxy) is 2. The van der Waals surface area contributed by atoms with Gasteiger partial charge in [-0.3, -0.25) is 4.52 Å². The van der Waals surface area contributed by atoms with Gasteiger partial charge in [0.05, 0.1) is 13.2 Å². The molecule has 1 rings (SSSR count). The molecular formula is C21H41O6P. The van der Waals surface area contributed by atoms with Crippen LogP contribution in [0.5, 0.6) is 0 Å². The van der Waals surface area contributed by atoms with Crippen LogP contribution in [0.3, 0.4) is 0 Å². The summed E-state index contributed by atoms with van der Waals surface area (Å²) in [5.74, 6) is 0. The number of unbranched alkanes of at least 4 members (excludes halogenated alkanes) is 11. The molecule has 7 heteroatoms. The van der Waals surface area contributed by atoms with E-state index in [1.165, 1.54) is 77.0 Å². The third-order valence-corrected chi connectivity index (χ3v) is 5.43. The van der Waals surface area contributed by atoms with Crippen molar-refractivity contribution in [1.29, 1.82) is 0 Å². The molecule has 0 saturated carbocycles. The highest BCUT2D eigenvalue weighted by atomic mass is 31.2. The average Bonchev–Trinajstić information content (AvgIpc) is 3.10. The van der Waals surface area contributed by atoms with Gasteiger partial charge in [-0.25, -0.2) is 4.57 Å². The van der Waals surface area contributed by atoms with Crippen LogP contribution in [0.15, 0.2) is 12.2 Å². The van der Waals surface area contributed by atoms with Crippen molar-refractivity contribution in [3.63, 3.8) is 0 Å². The molecule has 0 bridgehead atoms. The molecule has 0 aliphatic carbocycles. The third-order valence-electron chi connectivity index (χ3n) is 4.94. The second-order valence-electron chi connectivity index (χ2n) is 7.68. The fourth-order valence-corrected chi connectivity index (χ4v) is 3.67. The predicted octanol–water partition coefficient (Wildman–Crippen LogP) is 5.87. The van der Waals surface area contributed by atoms with Crippen LogP contribution in [-0.4, -0.2) is 35.4 Å². The van der Waals surface area contributed by atoms with Crippen LogP contribution in [0, 0.1) is 0 Å². The van der Waals surface area contributed by atoms with Gasteiger partial charge in [0.2, 0.25) is 0 Å². The quantitative estimate of drug-likeness (QED) is 0.164. The molecule has 0 spiro atoms. The predicted molar refractivity (Wildman–Crippen MR) is 112 cm³/mol. The Morgan fingerprint density at radius 2 is 1.50 bits per heavy atom. The lowest BCUT2D eigenvalue weighted by Gasteiger charge is -2.12. The molecule has 28 heavy (non-hydrogen) atoms. The van der Waals surface area contributed by atoms with Crippen molar-refractivity contribution in [2.24, 2.45) is 0 Å². The molecule has 1 fully saturated rings. The van der Waals surface area contributed by atoms with Crippen molar-refractivity contribution in [3.8, 4) is 0 Å². The van der Waals surface area contributed by atoms with E-state index in [2.05, 4.69) is 23.6 Å². The first kappa shape index (κ1) is 25.8. The first-order valence-corrected chi connectivity index (χ1v) is 12.7. The van der Waals surface area contributed by atoms with E-state index in [0.29, 0.717) is 6.61 Å². The van der Waals surface area contributed by atoms with E-state index >= 15 is 0 Å². The molecule has 0 radical (unpaired) electrons. The summed E-state index contributed by atoms with van der Waals surface area (Å²) in [5, 5.41) is 0. The Labute approximate surface area is 171 Å². The Morgan fingerprint density at radius 3 is 2.11 bits per heavy atom. The second-order valence-corrected chi connectivity index (χ2v) is 8.92. The summed E-state index contributed by atoms with van der Waals surface area (Å²) < 4.78 is 26.2. The van der Waals surface area contributed by atoms with E-state index in [0.717, 1.165) is 12.8 Å². The summed E-state index contributed by atoms with van der Waals surface area (Å²) >= 11 is 0. The molecule has 0 aromatic rings. The highest BCUT2D eigenvalue weighted by Gasteiger charge is 2.28. The maximum Gasteiger partial charge on any atom is 0.469 e. The molecule has 0 aromatic heterocycles. The highest BCUT2D eigenvalue weighted by Crippen LogP contribution is 2.36. The Kier molecular flexibility index (Phi) is 15.3. The Hall–Kier alpha value is -0.230.